The number of hydrogen-bond donors (Lipinski definition) is 1. The van der Waals surface area contributed by atoms with E-state index in [1.165, 1.54) is 50.5 Å². The summed E-state index contributed by atoms with van der Waals surface area (Å²) in [7, 11) is 4.02. The van der Waals surface area contributed by atoms with E-state index in [1.54, 1.807) is 18.2 Å². The van der Waals surface area contributed by atoms with Crippen molar-refractivity contribution >= 4 is 57.9 Å². The van der Waals surface area contributed by atoms with Crippen LogP contribution in [0.5, 0.6) is 11.5 Å². The minimum absolute atomic E-state index is 0.0534. The van der Waals surface area contributed by atoms with Crippen molar-refractivity contribution in [1.29, 1.82) is 0 Å². The number of methoxy groups -OCH3 is 3. The van der Waals surface area contributed by atoms with Crippen molar-refractivity contribution in [2.75, 3.05) is 26.2 Å². The maximum Gasteiger partial charge on any atom is 0.340 e. The van der Waals surface area contributed by atoms with Gasteiger partial charge in [-0.3, -0.25) is 9.69 Å². The number of carbonyl (C=O) groups excluding carboxylic acids is 2. The summed E-state index contributed by atoms with van der Waals surface area (Å²) >= 11 is 6.39. The summed E-state index contributed by atoms with van der Waals surface area (Å²) in [6.07, 6.45) is 1.45. The number of carbonyl (C=O) groups is 3. The molecule has 0 aliphatic carbocycles. The highest BCUT2D eigenvalue weighted by molar-refractivity contribution is 8.27. The molecular formula is C21H17NO7S2. The Balaban J connectivity index is 1.99. The molecule has 1 aliphatic rings. The van der Waals surface area contributed by atoms with E-state index in [0.29, 0.717) is 11.3 Å². The largest absolute Gasteiger partial charge is 0.493 e. The second-order valence-corrected chi connectivity index (χ2v) is 7.80. The molecule has 2 aromatic rings. The molecule has 1 N–H and O–H groups in total. The summed E-state index contributed by atoms with van der Waals surface area (Å²) < 4.78 is 15.3. The molecule has 10 heteroatoms. The molecule has 3 rings (SSSR count). The summed E-state index contributed by atoms with van der Waals surface area (Å²) in [5.74, 6) is -1.82. The summed E-state index contributed by atoms with van der Waals surface area (Å²) in [6.45, 7) is 0. The van der Waals surface area contributed by atoms with Crippen LogP contribution in [0.3, 0.4) is 0 Å². The third-order valence-electron chi connectivity index (χ3n) is 4.42. The highest BCUT2D eigenvalue weighted by atomic mass is 32.2. The molecule has 8 nitrogen and oxygen atoms in total. The van der Waals surface area contributed by atoms with Crippen molar-refractivity contribution in [2.24, 2.45) is 0 Å². The van der Waals surface area contributed by atoms with Crippen molar-refractivity contribution in [3.8, 4) is 11.5 Å². The number of hydrogen-bond acceptors (Lipinski definition) is 8. The Bertz CT molecular complexity index is 1110. The normalized spacial score (nSPS) is 14.7. The van der Waals surface area contributed by atoms with Gasteiger partial charge in [0, 0.05) is 0 Å². The first-order chi connectivity index (χ1) is 14.8. The zero-order chi connectivity index (χ0) is 22.7. The van der Waals surface area contributed by atoms with Gasteiger partial charge in [0.1, 0.15) is 5.56 Å². The molecule has 1 saturated heterocycles. The van der Waals surface area contributed by atoms with Crippen LogP contribution in [0, 0.1) is 0 Å². The van der Waals surface area contributed by atoms with Crippen molar-refractivity contribution in [3.05, 3.63) is 58.0 Å². The number of thiocarbonyl (C=S) groups is 1. The van der Waals surface area contributed by atoms with E-state index in [-0.39, 0.29) is 31.9 Å². The van der Waals surface area contributed by atoms with Crippen molar-refractivity contribution in [1.82, 2.24) is 0 Å². The lowest BCUT2D eigenvalue weighted by Gasteiger charge is -2.15. The molecule has 1 fully saturated rings. The average Bonchev–Trinajstić information content (AvgIpc) is 3.05. The number of esters is 1. The SMILES string of the molecule is COC(=O)c1ccc(N2C(=O)/C(=C/c3ccc(OC)c(OC)c3C(=O)O)SC2=S)cc1. The van der Waals surface area contributed by atoms with Crippen LogP contribution >= 0.6 is 24.0 Å². The fourth-order valence-electron chi connectivity index (χ4n) is 2.98. The van der Waals surface area contributed by atoms with Crippen molar-refractivity contribution in [2.45, 2.75) is 0 Å². The third-order valence-corrected chi connectivity index (χ3v) is 5.72. The number of benzene rings is 2. The predicted molar refractivity (Wildman–Crippen MR) is 120 cm³/mol. The van der Waals surface area contributed by atoms with E-state index in [4.69, 9.17) is 21.7 Å². The maximum absolute atomic E-state index is 13.0. The van der Waals surface area contributed by atoms with Gasteiger partial charge in [0.15, 0.2) is 15.8 Å². The number of nitrogens with zero attached hydrogens (tertiary/aromatic N) is 1. The molecular weight excluding hydrogens is 442 g/mol. The van der Waals surface area contributed by atoms with Crippen LogP contribution in [-0.4, -0.2) is 48.6 Å². The van der Waals surface area contributed by atoms with E-state index in [9.17, 15) is 19.5 Å². The zero-order valence-electron chi connectivity index (χ0n) is 16.7. The molecule has 0 aromatic heterocycles. The van der Waals surface area contributed by atoms with E-state index >= 15 is 0 Å². The highest BCUT2D eigenvalue weighted by Gasteiger charge is 2.34. The second-order valence-electron chi connectivity index (χ2n) is 6.13. The van der Waals surface area contributed by atoms with E-state index in [0.717, 1.165) is 11.8 Å². The van der Waals surface area contributed by atoms with E-state index in [2.05, 4.69) is 4.74 Å². The maximum atomic E-state index is 13.0. The third kappa shape index (κ3) is 4.25. The Kier molecular flexibility index (Phi) is 6.62. The fraction of sp³-hybridized carbons (Fsp3) is 0.143. The molecule has 1 aliphatic heterocycles. The van der Waals surface area contributed by atoms with Gasteiger partial charge in [-0.1, -0.05) is 30.0 Å². The number of rotatable bonds is 6. The van der Waals surface area contributed by atoms with Gasteiger partial charge in [-0.25, -0.2) is 9.59 Å². The Labute approximate surface area is 187 Å². The van der Waals surface area contributed by atoms with Crippen LogP contribution in [0.15, 0.2) is 41.3 Å². The first-order valence-corrected chi connectivity index (χ1v) is 9.99. The van der Waals surface area contributed by atoms with E-state index < -0.39 is 17.8 Å². The summed E-state index contributed by atoms with van der Waals surface area (Å²) in [5.41, 5.74) is 0.953. The molecule has 1 amide bonds. The molecule has 0 saturated carbocycles. The molecule has 1 heterocycles. The first-order valence-electron chi connectivity index (χ1n) is 8.77. The lowest BCUT2D eigenvalue weighted by Crippen LogP contribution is -2.27. The van der Waals surface area contributed by atoms with Gasteiger partial charge in [-0.05, 0) is 42.0 Å². The molecule has 31 heavy (non-hydrogen) atoms. The van der Waals surface area contributed by atoms with Crippen molar-refractivity contribution < 1.29 is 33.7 Å². The van der Waals surface area contributed by atoms with Gasteiger partial charge in [0.2, 0.25) is 0 Å². The lowest BCUT2D eigenvalue weighted by molar-refractivity contribution is -0.113. The molecule has 0 spiro atoms. The number of ether oxygens (including phenoxy) is 3. The fourth-order valence-corrected chi connectivity index (χ4v) is 4.27. The van der Waals surface area contributed by atoms with Gasteiger partial charge >= 0.3 is 11.9 Å². The first kappa shape index (κ1) is 22.3. The second kappa shape index (κ2) is 9.19. The van der Waals surface area contributed by atoms with Crippen LogP contribution in [0.1, 0.15) is 26.3 Å². The summed E-state index contributed by atoms with van der Waals surface area (Å²) in [5, 5.41) is 9.68. The Morgan fingerprint density at radius 1 is 1.06 bits per heavy atom. The Hall–Kier alpha value is -3.37. The topological polar surface area (TPSA) is 102 Å². The smallest absolute Gasteiger partial charge is 0.340 e. The van der Waals surface area contributed by atoms with Crippen LogP contribution in [0.4, 0.5) is 5.69 Å². The van der Waals surface area contributed by atoms with Crippen molar-refractivity contribution in [3.63, 3.8) is 0 Å². The van der Waals surface area contributed by atoms with Gasteiger partial charge < -0.3 is 19.3 Å². The molecule has 2 aromatic carbocycles. The summed E-state index contributed by atoms with van der Waals surface area (Å²) in [4.78, 5) is 38.0. The monoisotopic (exact) mass is 459 g/mol. The Morgan fingerprint density at radius 2 is 1.74 bits per heavy atom. The molecule has 0 radical (unpaired) electrons. The quantitative estimate of drug-likeness (QED) is 0.394. The van der Waals surface area contributed by atoms with E-state index in [1.807, 2.05) is 0 Å². The van der Waals surface area contributed by atoms with Crippen LogP contribution in [0.25, 0.3) is 6.08 Å². The molecule has 160 valence electrons. The number of aromatic carboxylic acids is 1. The predicted octanol–water partition coefficient (Wildman–Crippen LogP) is 3.59. The van der Waals surface area contributed by atoms with Gasteiger partial charge in [-0.2, -0.15) is 0 Å². The van der Waals surface area contributed by atoms with Crippen LogP contribution in [-0.2, 0) is 9.53 Å². The number of carboxylic acid groups (broad SMARTS) is 1. The number of anilines is 1. The minimum Gasteiger partial charge on any atom is -0.493 e. The minimum atomic E-state index is -1.23. The standard InChI is InChI=1S/C21H17NO7S2/c1-27-14-9-6-12(16(19(24)25)17(14)28-2)10-15-18(23)22(21(30)31-15)13-7-4-11(5-8-13)20(26)29-3/h4-10H,1-3H3,(H,24,25)/b15-10-. The average molecular weight is 460 g/mol. The molecule has 0 bridgehead atoms. The highest BCUT2D eigenvalue weighted by Crippen LogP contribution is 2.39. The lowest BCUT2D eigenvalue weighted by atomic mass is 10.0. The number of thioether (sulfide) groups is 1. The zero-order valence-corrected chi connectivity index (χ0v) is 18.3. The summed E-state index contributed by atoms with van der Waals surface area (Å²) in [6, 6.07) is 9.31. The molecule has 0 atom stereocenters. The van der Waals surface area contributed by atoms with Crippen LogP contribution in [0.2, 0.25) is 0 Å². The Morgan fingerprint density at radius 3 is 2.29 bits per heavy atom. The van der Waals surface area contributed by atoms with Gasteiger partial charge in [0.05, 0.1) is 37.5 Å². The number of amides is 1. The molecule has 0 unspecified atom stereocenters. The van der Waals surface area contributed by atoms with Crippen LogP contribution < -0.4 is 14.4 Å². The van der Waals surface area contributed by atoms with Gasteiger partial charge in [-0.15, -0.1) is 0 Å². The van der Waals surface area contributed by atoms with Gasteiger partial charge in [0.25, 0.3) is 5.91 Å². The number of carboxylic acids is 1.